The van der Waals surface area contributed by atoms with Gasteiger partial charge in [-0.25, -0.2) is 4.98 Å². The molecule has 0 fully saturated rings. The van der Waals surface area contributed by atoms with E-state index in [1.807, 2.05) is 60.7 Å². The highest BCUT2D eigenvalue weighted by molar-refractivity contribution is 7.11. The van der Waals surface area contributed by atoms with E-state index in [4.69, 9.17) is 9.79 Å². The molecule has 1 aromatic heterocycles. The van der Waals surface area contributed by atoms with Crippen LogP contribution in [0.2, 0.25) is 0 Å². The van der Waals surface area contributed by atoms with E-state index in [1.165, 1.54) is 11.3 Å². The third-order valence-electron chi connectivity index (χ3n) is 4.53. The van der Waals surface area contributed by atoms with Crippen LogP contribution in [0.4, 0.5) is 0 Å². The van der Waals surface area contributed by atoms with Crippen molar-refractivity contribution in [3.8, 4) is 6.07 Å². The van der Waals surface area contributed by atoms with E-state index in [0.29, 0.717) is 10.7 Å². The molecule has 0 aliphatic rings. The van der Waals surface area contributed by atoms with Crippen molar-refractivity contribution in [2.45, 2.75) is 0 Å². The van der Waals surface area contributed by atoms with Gasteiger partial charge in [0, 0.05) is 5.38 Å². The minimum absolute atomic E-state index is 0.383. The highest BCUT2D eigenvalue weighted by atomic mass is 32.1. The molecule has 1 heterocycles. The Balaban J connectivity index is 1.84. The van der Waals surface area contributed by atoms with Crippen LogP contribution in [0.25, 0.3) is 0 Å². The van der Waals surface area contributed by atoms with E-state index >= 15 is 0 Å². The summed E-state index contributed by atoms with van der Waals surface area (Å²) in [6.45, 7) is 0. The first-order valence-electron chi connectivity index (χ1n) is 9.06. The number of benzene rings is 3. The Kier molecular flexibility index (Phi) is 5.61. The number of oxime groups is 1. The molecule has 0 saturated carbocycles. The number of nitriles is 1. The topological polar surface area (TPSA) is 58.3 Å². The average molecular weight is 412 g/mol. The quantitative estimate of drug-likeness (QED) is 0.212. The van der Waals surface area contributed by atoms with Crippen LogP contribution in [0.5, 0.6) is 0 Å². The first-order chi connectivity index (χ1) is 14.3. The minimum atomic E-state index is -2.87. The molecule has 0 spiro atoms. The second-order valence-corrected chi connectivity index (χ2v) is 10.5. The van der Waals surface area contributed by atoms with Gasteiger partial charge in [-0.05, 0) is 15.6 Å². The van der Waals surface area contributed by atoms with Crippen LogP contribution in [0.3, 0.4) is 0 Å². The van der Waals surface area contributed by atoms with Crippen LogP contribution in [0.15, 0.2) is 102 Å². The van der Waals surface area contributed by atoms with Crippen LogP contribution in [0.1, 0.15) is 10.7 Å². The van der Waals surface area contributed by atoms with Crippen molar-refractivity contribution in [1.29, 1.82) is 5.26 Å². The Morgan fingerprint density at radius 3 is 1.72 bits per heavy atom. The standard InChI is InChI=1S/C23H17N3OSSi/c24-16-19-18-28-23(26-19)17-25-27-29(20-10-4-1-5-11-20,21-12-6-2-7-13-21)22-14-8-3-9-15-22/h1-15,17-18H/b25-17+. The van der Waals surface area contributed by atoms with Crippen LogP contribution < -0.4 is 15.6 Å². The SMILES string of the molecule is N#Cc1csc(/C=N/O[Si](c2ccccc2)(c2ccccc2)c2ccccc2)n1. The smallest absolute Gasteiger partial charge is 0.380 e. The Morgan fingerprint density at radius 1 is 0.828 bits per heavy atom. The van der Waals surface area contributed by atoms with Crippen molar-refractivity contribution >= 4 is 41.4 Å². The fourth-order valence-corrected chi connectivity index (χ4v) is 7.33. The van der Waals surface area contributed by atoms with E-state index in [2.05, 4.69) is 46.5 Å². The maximum atomic E-state index is 8.98. The van der Waals surface area contributed by atoms with E-state index < -0.39 is 8.32 Å². The van der Waals surface area contributed by atoms with Crippen molar-refractivity contribution in [2.75, 3.05) is 0 Å². The first-order valence-corrected chi connectivity index (χ1v) is 11.9. The summed E-state index contributed by atoms with van der Waals surface area (Å²) in [4.78, 5) is 4.21. The zero-order valence-electron chi connectivity index (χ0n) is 15.5. The summed E-state index contributed by atoms with van der Waals surface area (Å²) in [5.74, 6) is 0. The first kappa shape index (κ1) is 18.8. The fraction of sp³-hybridized carbons (Fsp3) is 0. The van der Waals surface area contributed by atoms with Gasteiger partial charge in [-0.3, -0.25) is 0 Å². The van der Waals surface area contributed by atoms with Gasteiger partial charge in [-0.1, -0.05) is 91.0 Å². The van der Waals surface area contributed by atoms with Gasteiger partial charge < -0.3 is 4.53 Å². The number of nitrogens with zero attached hydrogens (tertiary/aromatic N) is 3. The molecule has 0 bridgehead atoms. The van der Waals surface area contributed by atoms with Crippen molar-refractivity contribution < 1.29 is 4.53 Å². The molecule has 0 amide bonds. The molecule has 4 nitrogen and oxygen atoms in total. The molecule has 0 saturated heterocycles. The van der Waals surface area contributed by atoms with E-state index in [-0.39, 0.29) is 0 Å². The zero-order chi connectivity index (χ0) is 19.9. The van der Waals surface area contributed by atoms with Crippen molar-refractivity contribution in [3.63, 3.8) is 0 Å². The van der Waals surface area contributed by atoms with Crippen molar-refractivity contribution in [2.24, 2.45) is 5.16 Å². The molecule has 0 atom stereocenters. The normalized spacial score (nSPS) is 11.3. The van der Waals surface area contributed by atoms with Crippen LogP contribution in [-0.2, 0) is 4.53 Å². The number of rotatable bonds is 6. The number of hydrogen-bond acceptors (Lipinski definition) is 5. The summed E-state index contributed by atoms with van der Waals surface area (Å²) in [6.07, 6.45) is 1.59. The Morgan fingerprint density at radius 2 is 1.31 bits per heavy atom. The predicted molar refractivity (Wildman–Crippen MR) is 119 cm³/mol. The van der Waals surface area contributed by atoms with Gasteiger partial charge in [0.05, 0.1) is 0 Å². The number of hydrogen-bond donors (Lipinski definition) is 0. The molecule has 4 rings (SSSR count). The van der Waals surface area contributed by atoms with Crippen molar-refractivity contribution in [3.05, 3.63) is 107 Å². The van der Waals surface area contributed by atoms with Crippen LogP contribution in [-0.4, -0.2) is 19.5 Å². The summed E-state index contributed by atoms with van der Waals surface area (Å²) in [6, 6.07) is 32.8. The fourth-order valence-electron chi connectivity index (χ4n) is 3.23. The second-order valence-electron chi connectivity index (χ2n) is 6.29. The molecular formula is C23H17N3OSSi. The van der Waals surface area contributed by atoms with E-state index in [0.717, 1.165) is 15.6 Å². The third kappa shape index (κ3) is 3.87. The Hall–Kier alpha value is -3.53. The largest absolute Gasteiger partial charge is 0.438 e. The summed E-state index contributed by atoms with van der Waals surface area (Å²) in [5.41, 5.74) is 0.383. The molecule has 4 aromatic rings. The average Bonchev–Trinajstić information content (AvgIpc) is 3.27. The van der Waals surface area contributed by atoms with Gasteiger partial charge in [-0.2, -0.15) is 5.26 Å². The zero-order valence-corrected chi connectivity index (χ0v) is 17.3. The minimum Gasteiger partial charge on any atom is -0.438 e. The highest BCUT2D eigenvalue weighted by Gasteiger charge is 2.44. The summed E-state index contributed by atoms with van der Waals surface area (Å²) in [7, 11) is -2.87. The van der Waals surface area contributed by atoms with Gasteiger partial charge in [0.25, 0.3) is 0 Å². The highest BCUT2D eigenvalue weighted by Crippen LogP contribution is 2.11. The van der Waals surface area contributed by atoms with E-state index in [1.54, 1.807) is 11.6 Å². The monoisotopic (exact) mass is 411 g/mol. The molecule has 3 aromatic carbocycles. The molecule has 0 N–H and O–H groups in total. The summed E-state index contributed by atoms with van der Waals surface area (Å²) >= 11 is 1.36. The predicted octanol–water partition coefficient (Wildman–Crippen LogP) is 3.03. The van der Waals surface area contributed by atoms with E-state index in [9.17, 15) is 0 Å². The number of aromatic nitrogens is 1. The lowest BCUT2D eigenvalue weighted by atomic mass is 10.3. The van der Waals surface area contributed by atoms with Gasteiger partial charge in [0.1, 0.15) is 17.3 Å². The van der Waals surface area contributed by atoms with Gasteiger partial charge >= 0.3 is 8.32 Å². The molecule has 0 aliphatic carbocycles. The Bertz CT molecular complexity index is 1040. The molecule has 6 heteroatoms. The second kappa shape index (κ2) is 8.65. The summed E-state index contributed by atoms with van der Waals surface area (Å²) in [5, 5.41) is 19.0. The Labute approximate surface area is 174 Å². The molecule has 140 valence electrons. The van der Waals surface area contributed by atoms with Crippen LogP contribution in [0, 0.1) is 11.3 Å². The summed E-state index contributed by atoms with van der Waals surface area (Å²) < 4.78 is 6.43. The van der Waals surface area contributed by atoms with Gasteiger partial charge in [0.15, 0.2) is 5.69 Å². The molecule has 0 aliphatic heterocycles. The molecule has 0 unspecified atom stereocenters. The molecule has 29 heavy (non-hydrogen) atoms. The van der Waals surface area contributed by atoms with Gasteiger partial charge in [0.2, 0.25) is 0 Å². The van der Waals surface area contributed by atoms with Crippen LogP contribution >= 0.6 is 11.3 Å². The maximum absolute atomic E-state index is 8.98. The van der Waals surface area contributed by atoms with Gasteiger partial charge in [-0.15, -0.1) is 16.5 Å². The number of thiazole rings is 1. The lowest BCUT2D eigenvalue weighted by molar-refractivity contribution is 0.351. The molecule has 0 radical (unpaired) electrons. The van der Waals surface area contributed by atoms with Crippen molar-refractivity contribution in [1.82, 2.24) is 4.98 Å². The molecular weight excluding hydrogens is 394 g/mol. The third-order valence-corrected chi connectivity index (χ3v) is 9.13. The lowest BCUT2D eigenvalue weighted by Crippen LogP contribution is -2.68. The lowest BCUT2D eigenvalue weighted by Gasteiger charge is -2.29. The maximum Gasteiger partial charge on any atom is 0.380 e.